The summed E-state index contributed by atoms with van der Waals surface area (Å²) < 4.78 is 5.76. The van der Waals surface area contributed by atoms with Crippen LogP contribution in [0.3, 0.4) is 0 Å². The minimum absolute atomic E-state index is 0.444. The third kappa shape index (κ3) is 4.92. The van der Waals surface area contributed by atoms with Crippen molar-refractivity contribution < 1.29 is 4.74 Å². The van der Waals surface area contributed by atoms with Crippen molar-refractivity contribution in [2.24, 2.45) is 0 Å². The van der Waals surface area contributed by atoms with Gasteiger partial charge in [-0.1, -0.05) is 13.0 Å². The van der Waals surface area contributed by atoms with Gasteiger partial charge in [-0.05, 0) is 50.8 Å². The van der Waals surface area contributed by atoms with E-state index < -0.39 is 0 Å². The first kappa shape index (κ1) is 14.5. The summed E-state index contributed by atoms with van der Waals surface area (Å²) in [7, 11) is 0. The van der Waals surface area contributed by atoms with E-state index in [1.165, 1.54) is 30.5 Å². The molecule has 0 aliphatic carbocycles. The maximum atomic E-state index is 5.76. The second kappa shape index (κ2) is 7.61. The Morgan fingerprint density at radius 1 is 1.47 bits per heavy atom. The molecule has 1 aliphatic rings. The van der Waals surface area contributed by atoms with Gasteiger partial charge in [0.2, 0.25) is 0 Å². The van der Waals surface area contributed by atoms with Gasteiger partial charge in [0.1, 0.15) is 0 Å². The monoisotopic (exact) mass is 262 g/mol. The lowest BCUT2D eigenvalue weighted by Gasteiger charge is -2.21. The van der Waals surface area contributed by atoms with Crippen molar-refractivity contribution >= 4 is 0 Å². The number of hydrogen-bond acceptors (Lipinski definition) is 3. The van der Waals surface area contributed by atoms with E-state index in [-0.39, 0.29) is 0 Å². The molecule has 1 saturated heterocycles. The van der Waals surface area contributed by atoms with Crippen molar-refractivity contribution in [1.82, 2.24) is 10.3 Å². The Kier molecular flexibility index (Phi) is 5.80. The Hall–Kier alpha value is -0.930. The van der Waals surface area contributed by atoms with Crippen LogP contribution in [-0.4, -0.2) is 30.3 Å². The quantitative estimate of drug-likeness (QED) is 0.820. The van der Waals surface area contributed by atoms with Crippen LogP contribution in [0.4, 0.5) is 0 Å². The van der Waals surface area contributed by atoms with Gasteiger partial charge in [-0.15, -0.1) is 0 Å². The molecule has 0 radical (unpaired) electrons. The number of aromatic nitrogens is 1. The molecular formula is C16H26N2O. The third-order valence-corrected chi connectivity index (χ3v) is 3.68. The van der Waals surface area contributed by atoms with Crippen LogP contribution >= 0.6 is 0 Å². The molecule has 0 spiro atoms. The van der Waals surface area contributed by atoms with E-state index in [4.69, 9.17) is 4.74 Å². The van der Waals surface area contributed by atoms with Gasteiger partial charge in [0.15, 0.2) is 0 Å². The summed E-state index contributed by atoms with van der Waals surface area (Å²) in [6.45, 7) is 6.30. The highest BCUT2D eigenvalue weighted by molar-refractivity contribution is 5.13. The number of nitrogens with zero attached hydrogens (tertiary/aromatic N) is 1. The van der Waals surface area contributed by atoms with E-state index in [9.17, 15) is 0 Å². The first-order valence-corrected chi connectivity index (χ1v) is 7.54. The first-order chi connectivity index (χ1) is 9.28. The lowest BCUT2D eigenvalue weighted by Crippen LogP contribution is -2.35. The normalized spacial score (nSPS) is 20.6. The van der Waals surface area contributed by atoms with Crippen molar-refractivity contribution in [1.29, 1.82) is 0 Å². The largest absolute Gasteiger partial charge is 0.378 e. The molecule has 1 aromatic heterocycles. The van der Waals surface area contributed by atoms with Crippen LogP contribution in [0.1, 0.15) is 43.9 Å². The molecule has 0 aromatic carbocycles. The number of nitrogens with one attached hydrogen (secondary N) is 1. The molecule has 19 heavy (non-hydrogen) atoms. The van der Waals surface area contributed by atoms with Crippen molar-refractivity contribution in [3.8, 4) is 0 Å². The predicted octanol–water partition coefficient (Wildman–Crippen LogP) is 2.87. The van der Waals surface area contributed by atoms with Gasteiger partial charge in [0, 0.05) is 31.0 Å². The zero-order valence-corrected chi connectivity index (χ0v) is 12.2. The van der Waals surface area contributed by atoms with E-state index in [1.807, 2.05) is 6.20 Å². The van der Waals surface area contributed by atoms with Crippen LogP contribution < -0.4 is 5.32 Å². The Morgan fingerprint density at radius 2 is 2.37 bits per heavy atom. The molecule has 1 fully saturated rings. The van der Waals surface area contributed by atoms with Gasteiger partial charge >= 0.3 is 0 Å². The Bertz CT molecular complexity index is 358. The average Bonchev–Trinajstić information content (AvgIpc) is 2.91. The maximum absolute atomic E-state index is 5.76. The van der Waals surface area contributed by atoms with Crippen molar-refractivity contribution in [2.75, 3.05) is 13.2 Å². The molecule has 0 amide bonds. The van der Waals surface area contributed by atoms with E-state index in [0.29, 0.717) is 12.1 Å². The molecule has 2 heterocycles. The number of pyridine rings is 1. The number of aryl methyl sites for hydroxylation is 1. The number of rotatable bonds is 7. The molecule has 106 valence electrons. The summed E-state index contributed by atoms with van der Waals surface area (Å²) in [6.07, 6.45) is 8.11. The molecule has 1 aliphatic heterocycles. The lowest BCUT2D eigenvalue weighted by molar-refractivity contribution is 0.0945. The third-order valence-electron chi connectivity index (χ3n) is 3.68. The van der Waals surface area contributed by atoms with Crippen LogP contribution in [-0.2, 0) is 11.2 Å². The zero-order valence-electron chi connectivity index (χ0n) is 12.2. The fraction of sp³-hybridized carbons (Fsp3) is 0.688. The smallest absolute Gasteiger partial charge is 0.0591 e. The van der Waals surface area contributed by atoms with Gasteiger partial charge < -0.3 is 10.1 Å². The minimum atomic E-state index is 0.444. The molecule has 1 aromatic rings. The molecule has 1 N–H and O–H groups in total. The minimum Gasteiger partial charge on any atom is -0.378 e. The van der Waals surface area contributed by atoms with Crippen molar-refractivity contribution in [3.63, 3.8) is 0 Å². The summed E-state index contributed by atoms with van der Waals surface area (Å²) in [4.78, 5) is 4.52. The number of ether oxygens (including phenoxy) is 1. The van der Waals surface area contributed by atoms with Crippen LogP contribution in [0.2, 0.25) is 0 Å². The summed E-state index contributed by atoms with van der Waals surface area (Å²) >= 11 is 0. The fourth-order valence-electron chi connectivity index (χ4n) is 2.61. The van der Waals surface area contributed by atoms with Crippen molar-refractivity contribution in [3.05, 3.63) is 29.6 Å². The highest BCUT2D eigenvalue weighted by Gasteiger charge is 2.20. The lowest BCUT2D eigenvalue weighted by atomic mass is 10.0. The van der Waals surface area contributed by atoms with Gasteiger partial charge in [-0.25, -0.2) is 0 Å². The molecular weight excluding hydrogens is 236 g/mol. The van der Waals surface area contributed by atoms with Crippen molar-refractivity contribution in [2.45, 2.75) is 58.1 Å². The number of hydrogen-bond donors (Lipinski definition) is 1. The van der Waals surface area contributed by atoms with Crippen LogP contribution in [0, 0.1) is 6.92 Å². The van der Waals surface area contributed by atoms with Gasteiger partial charge in [0.05, 0.1) is 6.10 Å². The molecule has 2 unspecified atom stereocenters. The zero-order chi connectivity index (χ0) is 13.5. The fourth-order valence-corrected chi connectivity index (χ4v) is 2.61. The first-order valence-electron chi connectivity index (χ1n) is 7.54. The van der Waals surface area contributed by atoms with Gasteiger partial charge in [-0.2, -0.15) is 0 Å². The summed E-state index contributed by atoms with van der Waals surface area (Å²) in [5.74, 6) is 0. The van der Waals surface area contributed by atoms with Crippen LogP contribution in [0.5, 0.6) is 0 Å². The summed E-state index contributed by atoms with van der Waals surface area (Å²) in [5.41, 5.74) is 2.40. The Morgan fingerprint density at radius 3 is 3.00 bits per heavy atom. The summed E-state index contributed by atoms with van der Waals surface area (Å²) in [6, 6.07) is 4.77. The van der Waals surface area contributed by atoms with E-state index in [1.54, 1.807) is 0 Å². The van der Waals surface area contributed by atoms with Gasteiger partial charge in [0.25, 0.3) is 0 Å². The standard InChI is InChI=1S/C16H26N2O/c1-3-8-17-15(11-16-5-4-9-19-16)10-14-7-6-13(2)12-18-14/h6-7,12,15-17H,3-5,8-11H2,1-2H3. The molecule has 2 rings (SSSR count). The van der Waals surface area contributed by atoms with Crippen LogP contribution in [0.15, 0.2) is 18.3 Å². The van der Waals surface area contributed by atoms with Gasteiger partial charge in [-0.3, -0.25) is 4.98 Å². The molecule has 0 saturated carbocycles. The Labute approximate surface area is 116 Å². The topological polar surface area (TPSA) is 34.2 Å². The molecule has 3 heteroatoms. The predicted molar refractivity (Wildman–Crippen MR) is 78.4 cm³/mol. The SMILES string of the molecule is CCCNC(Cc1ccc(C)cn1)CC1CCCO1. The van der Waals surface area contributed by atoms with E-state index in [2.05, 4.69) is 36.3 Å². The maximum Gasteiger partial charge on any atom is 0.0591 e. The second-order valence-electron chi connectivity index (χ2n) is 5.55. The highest BCUT2D eigenvalue weighted by Crippen LogP contribution is 2.18. The summed E-state index contributed by atoms with van der Waals surface area (Å²) in [5, 5.41) is 3.64. The highest BCUT2D eigenvalue weighted by atomic mass is 16.5. The molecule has 2 atom stereocenters. The van der Waals surface area contributed by atoms with Crippen LogP contribution in [0.25, 0.3) is 0 Å². The Balaban J connectivity index is 1.89. The molecule has 0 bridgehead atoms. The average molecular weight is 262 g/mol. The van der Waals surface area contributed by atoms with E-state index in [0.717, 1.165) is 26.0 Å². The molecule has 3 nitrogen and oxygen atoms in total. The van der Waals surface area contributed by atoms with E-state index >= 15 is 0 Å². The second-order valence-corrected chi connectivity index (χ2v) is 5.55.